The first kappa shape index (κ1) is 10.3. The van der Waals surface area contributed by atoms with E-state index in [9.17, 15) is 4.79 Å². The van der Waals surface area contributed by atoms with Crippen LogP contribution in [0.4, 0.5) is 11.6 Å². The van der Waals surface area contributed by atoms with Gasteiger partial charge in [-0.2, -0.15) is 5.10 Å². The van der Waals surface area contributed by atoms with E-state index in [4.69, 9.17) is 22.4 Å². The van der Waals surface area contributed by atoms with Crippen molar-refractivity contribution in [3.8, 4) is 0 Å². The van der Waals surface area contributed by atoms with Crippen LogP contribution in [0, 0.1) is 0 Å². The van der Waals surface area contributed by atoms with E-state index in [-0.39, 0.29) is 30.4 Å². The molecule has 8 heteroatoms. The number of hydrazine groups is 1. The molecule has 0 aliphatic carbocycles. The molecule has 0 aliphatic rings. The summed E-state index contributed by atoms with van der Waals surface area (Å²) in [6.07, 6.45) is 0. The summed E-state index contributed by atoms with van der Waals surface area (Å²) in [5.74, 6) is 4.39. The molecule has 1 heterocycles. The van der Waals surface area contributed by atoms with Gasteiger partial charge in [0, 0.05) is 0 Å². The average Bonchev–Trinajstić information content (AvgIpc) is 2.42. The lowest BCUT2D eigenvalue weighted by Crippen LogP contribution is -2.31. The van der Waals surface area contributed by atoms with E-state index in [0.717, 1.165) is 0 Å². The summed E-state index contributed by atoms with van der Waals surface area (Å²) >= 11 is 0. The topological polar surface area (TPSA) is 145 Å². The van der Waals surface area contributed by atoms with Gasteiger partial charge < -0.3 is 16.6 Å². The summed E-state index contributed by atoms with van der Waals surface area (Å²) < 4.78 is 1.24. The van der Waals surface area contributed by atoms with Crippen molar-refractivity contribution in [3.63, 3.8) is 0 Å². The summed E-state index contributed by atoms with van der Waals surface area (Å²) in [6.45, 7) is 0.0306. The number of carbonyl (C=O) groups is 1. The van der Waals surface area contributed by atoms with Crippen molar-refractivity contribution < 1.29 is 9.90 Å². The lowest BCUT2D eigenvalue weighted by atomic mass is 10.3. The zero-order chi connectivity index (χ0) is 10.7. The average molecular weight is 200 g/mol. The minimum atomic E-state index is -0.607. The van der Waals surface area contributed by atoms with Crippen LogP contribution in [0.5, 0.6) is 0 Å². The monoisotopic (exact) mass is 200 g/mol. The molecule has 0 bridgehead atoms. The van der Waals surface area contributed by atoms with E-state index in [1.54, 1.807) is 0 Å². The molecule has 0 atom stereocenters. The third-order valence-corrected chi connectivity index (χ3v) is 1.69. The number of hydrogen-bond acceptors (Lipinski definition) is 6. The van der Waals surface area contributed by atoms with E-state index in [1.165, 1.54) is 4.68 Å². The van der Waals surface area contributed by atoms with Crippen LogP contribution in [-0.2, 0) is 6.54 Å². The van der Waals surface area contributed by atoms with Crippen molar-refractivity contribution in [2.45, 2.75) is 6.54 Å². The number of carbonyl (C=O) groups excluding carboxylic acids is 1. The minimum absolute atomic E-state index is 0.0149. The van der Waals surface area contributed by atoms with Gasteiger partial charge in [0.05, 0.1) is 13.2 Å². The zero-order valence-electron chi connectivity index (χ0n) is 7.40. The highest BCUT2D eigenvalue weighted by molar-refractivity contribution is 6.02. The van der Waals surface area contributed by atoms with Crippen LogP contribution in [0.15, 0.2) is 0 Å². The Morgan fingerprint density at radius 3 is 2.71 bits per heavy atom. The van der Waals surface area contributed by atoms with Crippen molar-refractivity contribution in [3.05, 3.63) is 5.56 Å². The van der Waals surface area contributed by atoms with Gasteiger partial charge in [-0.05, 0) is 0 Å². The second kappa shape index (κ2) is 3.94. The molecular weight excluding hydrogens is 188 g/mol. The van der Waals surface area contributed by atoms with Crippen molar-refractivity contribution in [1.29, 1.82) is 0 Å². The number of hydrogen-bond donors (Lipinski definition) is 5. The maximum absolute atomic E-state index is 11.2. The maximum atomic E-state index is 11.2. The third-order valence-electron chi connectivity index (χ3n) is 1.69. The molecule has 1 amide bonds. The highest BCUT2D eigenvalue weighted by Crippen LogP contribution is 2.17. The first-order chi connectivity index (χ1) is 6.61. The second-order valence-electron chi connectivity index (χ2n) is 2.57. The highest BCUT2D eigenvalue weighted by Gasteiger charge is 2.19. The van der Waals surface area contributed by atoms with Crippen molar-refractivity contribution in [1.82, 2.24) is 15.2 Å². The lowest BCUT2D eigenvalue weighted by molar-refractivity contribution is 0.0955. The second-order valence-corrected chi connectivity index (χ2v) is 2.57. The number of nitrogen functional groups attached to an aromatic ring is 3. The van der Waals surface area contributed by atoms with Crippen LogP contribution in [0.2, 0.25) is 0 Å². The predicted molar refractivity (Wildman–Crippen MR) is 49.8 cm³/mol. The quantitative estimate of drug-likeness (QED) is 0.210. The van der Waals surface area contributed by atoms with Gasteiger partial charge in [-0.25, -0.2) is 10.5 Å². The largest absolute Gasteiger partial charge is 0.394 e. The fourth-order valence-electron chi connectivity index (χ4n) is 1.06. The van der Waals surface area contributed by atoms with Crippen LogP contribution in [0.1, 0.15) is 10.4 Å². The molecule has 0 saturated carbocycles. The van der Waals surface area contributed by atoms with Gasteiger partial charge in [0.25, 0.3) is 5.91 Å². The predicted octanol–water partition coefficient (Wildman–Crippen LogP) is -2.36. The number of aromatic nitrogens is 2. The van der Waals surface area contributed by atoms with Crippen LogP contribution >= 0.6 is 0 Å². The Labute approximate surface area is 79.6 Å². The first-order valence-electron chi connectivity index (χ1n) is 3.85. The van der Waals surface area contributed by atoms with E-state index in [1.807, 2.05) is 5.43 Å². The van der Waals surface area contributed by atoms with Crippen LogP contribution < -0.4 is 22.7 Å². The number of rotatable bonds is 3. The van der Waals surface area contributed by atoms with E-state index in [0.29, 0.717) is 0 Å². The summed E-state index contributed by atoms with van der Waals surface area (Å²) in [4.78, 5) is 11.2. The van der Waals surface area contributed by atoms with E-state index < -0.39 is 5.91 Å². The van der Waals surface area contributed by atoms with Gasteiger partial charge in [0.15, 0.2) is 5.82 Å². The van der Waals surface area contributed by atoms with Crippen LogP contribution in [-0.4, -0.2) is 27.4 Å². The number of amides is 1. The summed E-state index contributed by atoms with van der Waals surface area (Å²) in [5, 5.41) is 12.4. The first-order valence-corrected chi connectivity index (χ1v) is 3.85. The number of nitrogens with one attached hydrogen (secondary N) is 1. The molecule has 1 rings (SSSR count). The maximum Gasteiger partial charge on any atom is 0.272 e. The fraction of sp³-hybridized carbons (Fsp3) is 0.333. The van der Waals surface area contributed by atoms with Crippen molar-refractivity contribution >= 4 is 17.5 Å². The molecule has 1 aromatic heterocycles. The van der Waals surface area contributed by atoms with Gasteiger partial charge in [0.2, 0.25) is 0 Å². The molecule has 78 valence electrons. The van der Waals surface area contributed by atoms with E-state index in [2.05, 4.69) is 5.10 Å². The molecule has 0 unspecified atom stereocenters. The van der Waals surface area contributed by atoms with Crippen LogP contribution in [0.3, 0.4) is 0 Å². The molecular formula is C6H12N6O2. The molecule has 0 saturated heterocycles. The Morgan fingerprint density at radius 2 is 2.21 bits per heavy atom. The van der Waals surface area contributed by atoms with E-state index >= 15 is 0 Å². The standard InChI is InChI=1S/C6H12N6O2/c7-4-3(6(14)10-9)5(8)12(11-4)1-2-13/h13H,1-2,8-9H2,(H2,7,11)(H,10,14). The molecule has 8 N–H and O–H groups in total. The Bertz CT molecular complexity index is 346. The molecule has 8 nitrogen and oxygen atoms in total. The highest BCUT2D eigenvalue weighted by atomic mass is 16.3. The Kier molecular flexibility index (Phi) is 2.89. The smallest absolute Gasteiger partial charge is 0.272 e. The van der Waals surface area contributed by atoms with Gasteiger partial charge in [-0.3, -0.25) is 10.2 Å². The SMILES string of the molecule is NNC(=O)c1c(N)nn(CCO)c1N. The molecule has 14 heavy (non-hydrogen) atoms. The van der Waals surface area contributed by atoms with Crippen LogP contribution in [0.25, 0.3) is 0 Å². The summed E-state index contributed by atoms with van der Waals surface area (Å²) in [7, 11) is 0. The number of nitrogens with zero attached hydrogens (tertiary/aromatic N) is 2. The summed E-state index contributed by atoms with van der Waals surface area (Å²) in [5.41, 5.74) is 12.9. The Hall–Kier alpha value is -1.80. The minimum Gasteiger partial charge on any atom is -0.394 e. The van der Waals surface area contributed by atoms with Gasteiger partial charge in [-0.15, -0.1) is 0 Å². The molecule has 1 aromatic rings. The number of nitrogens with two attached hydrogens (primary N) is 3. The lowest BCUT2D eigenvalue weighted by Gasteiger charge is -2.01. The van der Waals surface area contributed by atoms with Gasteiger partial charge >= 0.3 is 0 Å². The van der Waals surface area contributed by atoms with Crippen molar-refractivity contribution in [2.24, 2.45) is 5.84 Å². The van der Waals surface area contributed by atoms with Crippen molar-refractivity contribution in [2.75, 3.05) is 18.1 Å². The number of aliphatic hydroxyl groups is 1. The molecule has 0 aliphatic heterocycles. The zero-order valence-corrected chi connectivity index (χ0v) is 7.40. The Morgan fingerprint density at radius 1 is 1.57 bits per heavy atom. The molecule has 0 spiro atoms. The molecule has 0 radical (unpaired) electrons. The number of aliphatic hydroxyl groups excluding tert-OH is 1. The molecule has 0 aromatic carbocycles. The Balaban J connectivity index is 3.11. The number of anilines is 2. The fourth-order valence-corrected chi connectivity index (χ4v) is 1.06. The van der Waals surface area contributed by atoms with Gasteiger partial charge in [0.1, 0.15) is 11.4 Å². The van der Waals surface area contributed by atoms with Gasteiger partial charge in [-0.1, -0.05) is 0 Å². The normalized spacial score (nSPS) is 10.1. The molecule has 0 fully saturated rings. The third kappa shape index (κ3) is 1.60. The summed E-state index contributed by atoms with van der Waals surface area (Å²) in [6, 6.07) is 0.